The van der Waals surface area contributed by atoms with Crippen molar-refractivity contribution in [2.75, 3.05) is 32.1 Å². The van der Waals surface area contributed by atoms with E-state index >= 15 is 0 Å². The van der Waals surface area contributed by atoms with Gasteiger partial charge >= 0.3 is 0 Å². The highest BCUT2D eigenvalue weighted by atomic mass is 79.9. The van der Waals surface area contributed by atoms with Crippen molar-refractivity contribution in [3.05, 3.63) is 21.0 Å². The zero-order chi connectivity index (χ0) is 13.5. The van der Waals surface area contributed by atoms with Gasteiger partial charge in [-0.3, -0.25) is 4.79 Å². The SMILES string of the molecule is CCCn1ncc(N(C)CCCNC)c(Br)c1=O. The van der Waals surface area contributed by atoms with Crippen LogP contribution in [0.2, 0.25) is 0 Å². The third kappa shape index (κ3) is 3.81. The number of hydrogen-bond acceptors (Lipinski definition) is 4. The van der Waals surface area contributed by atoms with Crippen LogP contribution in [0.3, 0.4) is 0 Å². The van der Waals surface area contributed by atoms with Crippen molar-refractivity contribution in [3.63, 3.8) is 0 Å². The molecule has 1 aromatic heterocycles. The van der Waals surface area contributed by atoms with Crippen molar-refractivity contribution in [2.24, 2.45) is 0 Å². The summed E-state index contributed by atoms with van der Waals surface area (Å²) in [5.74, 6) is 0. The molecule has 0 aliphatic rings. The molecule has 0 radical (unpaired) electrons. The Balaban J connectivity index is 2.84. The number of rotatable bonds is 7. The highest BCUT2D eigenvalue weighted by Gasteiger charge is 2.11. The molecule has 0 aromatic carbocycles. The van der Waals surface area contributed by atoms with E-state index in [1.54, 1.807) is 6.20 Å². The number of nitrogens with zero attached hydrogens (tertiary/aromatic N) is 3. The van der Waals surface area contributed by atoms with Crippen molar-refractivity contribution in [3.8, 4) is 0 Å². The van der Waals surface area contributed by atoms with Crippen molar-refractivity contribution in [1.82, 2.24) is 15.1 Å². The zero-order valence-corrected chi connectivity index (χ0v) is 12.8. The Bertz CT molecular complexity index is 433. The van der Waals surface area contributed by atoms with E-state index in [4.69, 9.17) is 0 Å². The van der Waals surface area contributed by atoms with Gasteiger partial charge in [0.1, 0.15) is 4.47 Å². The Morgan fingerprint density at radius 1 is 1.56 bits per heavy atom. The summed E-state index contributed by atoms with van der Waals surface area (Å²) in [5, 5.41) is 7.30. The number of aromatic nitrogens is 2. The topological polar surface area (TPSA) is 50.2 Å². The average Bonchev–Trinajstić information content (AvgIpc) is 2.35. The lowest BCUT2D eigenvalue weighted by Crippen LogP contribution is -2.28. The van der Waals surface area contributed by atoms with E-state index in [0.29, 0.717) is 11.0 Å². The number of aryl methyl sites for hydroxylation is 1. The summed E-state index contributed by atoms with van der Waals surface area (Å²) in [6, 6.07) is 0. The number of hydrogen-bond donors (Lipinski definition) is 1. The normalized spacial score (nSPS) is 10.7. The first-order valence-corrected chi connectivity index (χ1v) is 7.02. The predicted octanol–water partition coefficient (Wildman–Crippen LogP) is 1.46. The average molecular weight is 317 g/mol. The van der Waals surface area contributed by atoms with Crippen molar-refractivity contribution < 1.29 is 0 Å². The predicted molar refractivity (Wildman–Crippen MR) is 78.3 cm³/mol. The van der Waals surface area contributed by atoms with Crippen LogP contribution in [-0.2, 0) is 6.54 Å². The fraction of sp³-hybridized carbons (Fsp3) is 0.667. The molecule has 0 spiro atoms. The second-order valence-corrected chi connectivity index (χ2v) is 5.04. The van der Waals surface area contributed by atoms with Gasteiger partial charge in [0, 0.05) is 20.1 Å². The molecule has 1 N–H and O–H groups in total. The maximum absolute atomic E-state index is 12.0. The van der Waals surface area contributed by atoms with Crippen molar-refractivity contribution >= 4 is 21.6 Å². The fourth-order valence-electron chi connectivity index (χ4n) is 1.71. The summed E-state index contributed by atoms with van der Waals surface area (Å²) < 4.78 is 2.09. The summed E-state index contributed by atoms with van der Waals surface area (Å²) in [6.07, 6.45) is 3.68. The van der Waals surface area contributed by atoms with Crippen LogP contribution < -0.4 is 15.8 Å². The smallest absolute Gasteiger partial charge is 0.283 e. The molecule has 0 aliphatic heterocycles. The summed E-state index contributed by atoms with van der Waals surface area (Å²) in [7, 11) is 3.91. The number of anilines is 1. The molecule has 102 valence electrons. The molecule has 0 fully saturated rings. The molecule has 1 aromatic rings. The first-order chi connectivity index (χ1) is 8.61. The van der Waals surface area contributed by atoms with Crippen LogP contribution >= 0.6 is 15.9 Å². The molecule has 5 nitrogen and oxygen atoms in total. The molecule has 6 heteroatoms. The molecule has 0 unspecified atom stereocenters. The van der Waals surface area contributed by atoms with Crippen LogP contribution in [0.5, 0.6) is 0 Å². The van der Waals surface area contributed by atoms with Crippen LogP contribution in [0.25, 0.3) is 0 Å². The fourth-order valence-corrected chi connectivity index (χ4v) is 2.32. The van der Waals surface area contributed by atoms with E-state index in [1.165, 1.54) is 4.68 Å². The summed E-state index contributed by atoms with van der Waals surface area (Å²) in [5.41, 5.74) is 0.790. The van der Waals surface area contributed by atoms with E-state index in [0.717, 1.165) is 31.6 Å². The third-order valence-corrected chi connectivity index (χ3v) is 3.48. The first kappa shape index (κ1) is 15.2. The van der Waals surface area contributed by atoms with Crippen LogP contribution in [0.15, 0.2) is 15.5 Å². The lowest BCUT2D eigenvalue weighted by atomic mass is 10.3. The van der Waals surface area contributed by atoms with Crippen molar-refractivity contribution in [1.29, 1.82) is 0 Å². The maximum Gasteiger partial charge on any atom is 0.283 e. The van der Waals surface area contributed by atoms with Gasteiger partial charge in [-0.2, -0.15) is 5.10 Å². The number of nitrogens with one attached hydrogen (secondary N) is 1. The lowest BCUT2D eigenvalue weighted by molar-refractivity contribution is 0.564. The van der Waals surface area contributed by atoms with Crippen molar-refractivity contribution in [2.45, 2.75) is 26.3 Å². The van der Waals surface area contributed by atoms with Crippen LogP contribution in [0.1, 0.15) is 19.8 Å². The largest absolute Gasteiger partial charge is 0.372 e. The minimum Gasteiger partial charge on any atom is -0.372 e. The quantitative estimate of drug-likeness (QED) is 0.774. The molecule has 0 amide bonds. The summed E-state index contributed by atoms with van der Waals surface area (Å²) in [4.78, 5) is 14.1. The van der Waals surface area contributed by atoms with Gasteiger partial charge in [0.25, 0.3) is 5.56 Å². The lowest BCUT2D eigenvalue weighted by Gasteiger charge is -2.20. The zero-order valence-electron chi connectivity index (χ0n) is 11.2. The molecule has 0 atom stereocenters. The highest BCUT2D eigenvalue weighted by molar-refractivity contribution is 9.10. The highest BCUT2D eigenvalue weighted by Crippen LogP contribution is 2.20. The van der Waals surface area contributed by atoms with Crippen LogP contribution in [0, 0.1) is 0 Å². The van der Waals surface area contributed by atoms with Gasteiger partial charge in [0.05, 0.1) is 11.9 Å². The van der Waals surface area contributed by atoms with E-state index < -0.39 is 0 Å². The van der Waals surface area contributed by atoms with Gasteiger partial charge in [-0.05, 0) is 42.4 Å². The summed E-state index contributed by atoms with van der Waals surface area (Å²) in [6.45, 7) is 4.53. The standard InChI is InChI=1S/C12H21BrN4O/c1-4-7-17-12(18)11(13)10(9-15-17)16(3)8-5-6-14-2/h9,14H,4-8H2,1-3H3. The molecular formula is C12H21BrN4O. The molecular weight excluding hydrogens is 296 g/mol. The third-order valence-electron chi connectivity index (χ3n) is 2.73. The molecule has 1 rings (SSSR count). The van der Waals surface area contributed by atoms with E-state index in [9.17, 15) is 4.79 Å². The molecule has 0 aliphatic carbocycles. The molecule has 0 saturated carbocycles. The Labute approximate surface area is 116 Å². The van der Waals surface area contributed by atoms with Gasteiger partial charge in [0.2, 0.25) is 0 Å². The first-order valence-electron chi connectivity index (χ1n) is 6.23. The number of halogens is 1. The van der Waals surface area contributed by atoms with Crippen LogP contribution in [0.4, 0.5) is 5.69 Å². The molecule has 0 bridgehead atoms. The second-order valence-electron chi connectivity index (χ2n) is 4.25. The second kappa shape index (κ2) is 7.53. The molecule has 18 heavy (non-hydrogen) atoms. The Kier molecular flexibility index (Phi) is 6.35. The van der Waals surface area contributed by atoms with Gasteiger partial charge in [0.15, 0.2) is 0 Å². The Morgan fingerprint density at radius 2 is 2.28 bits per heavy atom. The minimum atomic E-state index is -0.0604. The monoisotopic (exact) mass is 316 g/mol. The Morgan fingerprint density at radius 3 is 2.89 bits per heavy atom. The van der Waals surface area contributed by atoms with E-state index in [2.05, 4.69) is 26.3 Å². The molecule has 0 saturated heterocycles. The van der Waals surface area contributed by atoms with Gasteiger partial charge in [-0.25, -0.2) is 4.68 Å². The van der Waals surface area contributed by atoms with E-state index in [1.807, 2.05) is 25.9 Å². The van der Waals surface area contributed by atoms with Gasteiger partial charge in [-0.15, -0.1) is 0 Å². The van der Waals surface area contributed by atoms with Gasteiger partial charge in [-0.1, -0.05) is 6.92 Å². The molecule has 1 heterocycles. The minimum absolute atomic E-state index is 0.0604. The Hall–Kier alpha value is -0.880. The van der Waals surface area contributed by atoms with Crippen LogP contribution in [-0.4, -0.2) is 37.0 Å². The summed E-state index contributed by atoms with van der Waals surface area (Å²) >= 11 is 3.38. The van der Waals surface area contributed by atoms with E-state index in [-0.39, 0.29) is 5.56 Å². The maximum atomic E-state index is 12.0. The van der Waals surface area contributed by atoms with Gasteiger partial charge < -0.3 is 10.2 Å².